The van der Waals surface area contributed by atoms with Crippen LogP contribution in [0.4, 0.5) is 0 Å². The van der Waals surface area contributed by atoms with E-state index in [0.29, 0.717) is 0 Å². The quantitative estimate of drug-likeness (QED) is 0.492. The fourth-order valence-electron chi connectivity index (χ4n) is 0. The Morgan fingerprint density at radius 3 is 0.400 bits per heavy atom. The summed E-state index contributed by atoms with van der Waals surface area (Å²) >= 11 is 0. The van der Waals surface area contributed by atoms with E-state index in [0.717, 1.165) is 0 Å². The molecule has 0 aromatic carbocycles. The van der Waals surface area contributed by atoms with Crippen molar-refractivity contribution in [3.05, 3.63) is 0 Å². The predicted octanol–water partition coefficient (Wildman–Crippen LogP) is -0.769. The SMILES string of the molecule is [As+3].[As+3].[S-2].[S-2].[S-2]. The Kier molecular flexibility index (Phi) is 407. The van der Waals surface area contributed by atoms with Gasteiger partial charge in [0.2, 0.25) is 0 Å². The van der Waals surface area contributed by atoms with Crippen molar-refractivity contribution in [1.29, 1.82) is 0 Å². The maximum Gasteiger partial charge on any atom is 3.00 e. The van der Waals surface area contributed by atoms with Crippen LogP contribution >= 0.6 is 0 Å². The van der Waals surface area contributed by atoms with E-state index in [4.69, 9.17) is 0 Å². The topological polar surface area (TPSA) is 0 Å². The van der Waals surface area contributed by atoms with E-state index in [-0.39, 0.29) is 76.4 Å². The zero-order valence-corrected chi connectivity index (χ0v) is 8.32. The Morgan fingerprint density at radius 2 is 0.400 bits per heavy atom. The average molecular weight is 246 g/mol. The minimum Gasteiger partial charge on any atom is -2.00 e. The first-order chi connectivity index (χ1) is 0. The molecule has 0 aliphatic heterocycles. The monoisotopic (exact) mass is 246 g/mol. The molecule has 0 amide bonds. The molecular formula is As2S3. The van der Waals surface area contributed by atoms with Crippen LogP contribution in [0.25, 0.3) is 0 Å². The summed E-state index contributed by atoms with van der Waals surface area (Å²) in [5, 5.41) is 0. The van der Waals surface area contributed by atoms with Gasteiger partial charge >= 0.3 is 35.9 Å². The van der Waals surface area contributed by atoms with Gasteiger partial charge in [0.05, 0.1) is 0 Å². The summed E-state index contributed by atoms with van der Waals surface area (Å²) in [6.45, 7) is 0. The van der Waals surface area contributed by atoms with Crippen LogP contribution in [0.5, 0.6) is 0 Å². The largest absolute Gasteiger partial charge is 3.00 e. The normalized spacial score (nSPS) is 0. The summed E-state index contributed by atoms with van der Waals surface area (Å²) in [6.07, 6.45) is 0. The molecule has 0 spiro atoms. The van der Waals surface area contributed by atoms with Gasteiger partial charge in [0.25, 0.3) is 0 Å². The average Bonchev–Trinajstić information content (AvgIpc) is 0. The molecule has 0 aliphatic carbocycles. The molecule has 0 aliphatic rings. The van der Waals surface area contributed by atoms with Gasteiger partial charge in [-0.25, -0.2) is 0 Å². The van der Waals surface area contributed by atoms with Crippen LogP contribution in [0, 0.1) is 0 Å². The zero-order chi connectivity index (χ0) is 0. The van der Waals surface area contributed by atoms with Crippen LogP contribution in [0.1, 0.15) is 0 Å². The van der Waals surface area contributed by atoms with Gasteiger partial charge in [-0.1, -0.05) is 0 Å². The predicted molar refractivity (Wildman–Crippen MR) is 33.6 cm³/mol. The molecular weight excluding hydrogens is 246 g/mol. The van der Waals surface area contributed by atoms with Crippen molar-refractivity contribution in [2.45, 2.75) is 0 Å². The minimum atomic E-state index is 0. The summed E-state index contributed by atoms with van der Waals surface area (Å²) < 4.78 is 0. The van der Waals surface area contributed by atoms with Crippen molar-refractivity contribution in [3.63, 3.8) is 0 Å². The Bertz CT molecular complexity index is 4.85. The molecule has 0 atom stereocenters. The van der Waals surface area contributed by atoms with Crippen LogP contribution in [0.15, 0.2) is 0 Å². The van der Waals surface area contributed by atoms with Crippen LogP contribution in [-0.4, -0.2) is 35.9 Å². The second-order valence-corrected chi connectivity index (χ2v) is 0. The van der Waals surface area contributed by atoms with E-state index in [9.17, 15) is 0 Å². The maximum absolute atomic E-state index is 0. The van der Waals surface area contributed by atoms with Crippen molar-refractivity contribution in [2.24, 2.45) is 0 Å². The van der Waals surface area contributed by atoms with Gasteiger partial charge in [-0.05, 0) is 0 Å². The number of hydrogen-bond acceptors (Lipinski definition) is 0. The van der Waals surface area contributed by atoms with E-state index in [1.54, 1.807) is 0 Å². The molecule has 0 saturated heterocycles. The maximum atomic E-state index is 0. The molecule has 28 valence electrons. The Hall–Kier alpha value is 2.17. The first-order valence-corrected chi connectivity index (χ1v) is 0. The third-order valence-corrected chi connectivity index (χ3v) is 0. The Balaban J connectivity index is 0. The number of rotatable bonds is 0. The molecule has 0 saturated carbocycles. The molecule has 0 fully saturated rings. The standard InChI is InChI=1S/2As.3S/q2*+3;3*-2. The molecule has 4 radical (unpaired) electrons. The second kappa shape index (κ2) is 35.1. The molecule has 0 aromatic rings. The molecule has 0 rings (SSSR count). The summed E-state index contributed by atoms with van der Waals surface area (Å²) in [6, 6.07) is 0. The summed E-state index contributed by atoms with van der Waals surface area (Å²) in [7, 11) is 0. The van der Waals surface area contributed by atoms with Gasteiger partial charge < -0.3 is 40.5 Å². The zero-order valence-electron chi connectivity index (χ0n) is 2.12. The van der Waals surface area contributed by atoms with Crippen LogP contribution in [0.3, 0.4) is 0 Å². The minimum absolute atomic E-state index is 0. The molecule has 0 bridgehead atoms. The first kappa shape index (κ1) is 58.0. The third-order valence-electron chi connectivity index (χ3n) is 0. The van der Waals surface area contributed by atoms with Gasteiger partial charge in [0.1, 0.15) is 0 Å². The van der Waals surface area contributed by atoms with Gasteiger partial charge in [0.15, 0.2) is 0 Å². The molecule has 0 aromatic heterocycles. The van der Waals surface area contributed by atoms with Crippen molar-refractivity contribution < 1.29 is 0 Å². The van der Waals surface area contributed by atoms with Crippen molar-refractivity contribution in [3.8, 4) is 0 Å². The molecule has 0 unspecified atom stereocenters. The van der Waals surface area contributed by atoms with E-state index in [1.165, 1.54) is 0 Å². The van der Waals surface area contributed by atoms with Crippen molar-refractivity contribution in [2.75, 3.05) is 0 Å². The first-order valence-electron chi connectivity index (χ1n) is 0. The fraction of sp³-hybridized carbons (Fsp3) is 0. The second-order valence-electron chi connectivity index (χ2n) is 0. The summed E-state index contributed by atoms with van der Waals surface area (Å²) in [5.41, 5.74) is 0. The Labute approximate surface area is 75.8 Å². The number of hydrogen-bond donors (Lipinski definition) is 0. The smallest absolute Gasteiger partial charge is 2.00 e. The van der Waals surface area contributed by atoms with Crippen LogP contribution in [-0.2, 0) is 40.5 Å². The van der Waals surface area contributed by atoms with Gasteiger partial charge in [-0.3, -0.25) is 0 Å². The fourth-order valence-corrected chi connectivity index (χ4v) is 0. The van der Waals surface area contributed by atoms with Gasteiger partial charge in [-0.2, -0.15) is 0 Å². The van der Waals surface area contributed by atoms with E-state index < -0.39 is 0 Å². The van der Waals surface area contributed by atoms with E-state index in [2.05, 4.69) is 0 Å². The molecule has 0 N–H and O–H groups in total. The summed E-state index contributed by atoms with van der Waals surface area (Å²) in [5.74, 6) is 0. The van der Waals surface area contributed by atoms with E-state index in [1.807, 2.05) is 0 Å². The van der Waals surface area contributed by atoms with Crippen LogP contribution < -0.4 is 0 Å². The van der Waals surface area contributed by atoms with E-state index >= 15 is 0 Å². The van der Waals surface area contributed by atoms with Crippen molar-refractivity contribution >= 4 is 76.4 Å². The summed E-state index contributed by atoms with van der Waals surface area (Å²) in [4.78, 5) is 0. The van der Waals surface area contributed by atoms with Crippen molar-refractivity contribution in [1.82, 2.24) is 0 Å². The Morgan fingerprint density at radius 1 is 0.400 bits per heavy atom. The molecule has 5 heavy (non-hydrogen) atoms. The molecule has 0 heterocycles. The van der Waals surface area contributed by atoms with Gasteiger partial charge in [-0.15, -0.1) is 0 Å². The third kappa shape index (κ3) is 22.8. The van der Waals surface area contributed by atoms with Gasteiger partial charge in [0, 0.05) is 0 Å². The van der Waals surface area contributed by atoms with Crippen LogP contribution in [0.2, 0.25) is 0 Å². The molecule has 0 nitrogen and oxygen atoms in total. The molecule has 5 heteroatoms.